The normalized spacial score (nSPS) is 20.0. The molecule has 1 aliphatic heterocycles. The summed E-state index contributed by atoms with van der Waals surface area (Å²) < 4.78 is 28.4. The molecule has 51 heavy (non-hydrogen) atoms. The number of fused-ring (bicyclic) bond motifs is 2. The van der Waals surface area contributed by atoms with E-state index >= 15 is 0 Å². The van der Waals surface area contributed by atoms with Crippen molar-refractivity contribution >= 4 is 55.8 Å². The van der Waals surface area contributed by atoms with Crippen molar-refractivity contribution < 1.29 is 23.3 Å². The molecule has 1 saturated heterocycles. The number of hydrogen-bond acceptors (Lipinski definition) is 9. The number of carboxylic acids is 1. The summed E-state index contributed by atoms with van der Waals surface area (Å²) in [6.07, 6.45) is 3.09. The summed E-state index contributed by atoms with van der Waals surface area (Å²) in [6, 6.07) is 8.34. The predicted molar refractivity (Wildman–Crippen MR) is 190 cm³/mol. The van der Waals surface area contributed by atoms with Gasteiger partial charge in [0, 0.05) is 59.2 Å². The highest BCUT2D eigenvalue weighted by molar-refractivity contribution is 7.18. The number of carboxylic acid groups (broad SMARTS) is 1. The number of rotatable bonds is 6. The van der Waals surface area contributed by atoms with Gasteiger partial charge in [-0.2, -0.15) is 5.26 Å². The van der Waals surface area contributed by atoms with E-state index in [1.54, 1.807) is 48.5 Å². The van der Waals surface area contributed by atoms with Crippen LogP contribution in [0.4, 0.5) is 14.6 Å². The van der Waals surface area contributed by atoms with Gasteiger partial charge in [0.15, 0.2) is 0 Å². The van der Waals surface area contributed by atoms with E-state index in [1.165, 1.54) is 28.3 Å². The lowest BCUT2D eigenvalue weighted by Crippen LogP contribution is -2.64. The molecule has 5 aromatic rings. The molecule has 1 saturated carbocycles. The fourth-order valence-electron chi connectivity index (χ4n) is 7.11. The second-order valence-corrected chi connectivity index (χ2v) is 14.3. The first kappa shape index (κ1) is 34.5. The number of nitrogens with zero attached hydrogens (tertiary/aromatic N) is 7. The fraction of sp³-hybridized carbons (Fsp3) is 0.333. The van der Waals surface area contributed by atoms with Crippen molar-refractivity contribution in [3.05, 3.63) is 85.1 Å². The number of piperidine rings is 1. The van der Waals surface area contributed by atoms with E-state index in [0.29, 0.717) is 45.0 Å². The number of aromatic carboxylic acids is 1. The number of hydrogen-bond donors (Lipinski definition) is 1. The first-order chi connectivity index (χ1) is 24.3. The molecule has 4 aromatic heterocycles. The number of likely N-dealkylation sites (tertiary alicyclic amines) is 1. The van der Waals surface area contributed by atoms with Crippen molar-refractivity contribution in [2.24, 2.45) is 0 Å². The lowest BCUT2D eigenvalue weighted by atomic mass is 9.84. The molecular formula is C36H30ClF2N7O4S. The van der Waals surface area contributed by atoms with Gasteiger partial charge in [0.1, 0.15) is 29.3 Å². The lowest BCUT2D eigenvalue weighted by molar-refractivity contribution is -0.919. The number of quaternary nitrogens is 1. The molecule has 2 fully saturated rings. The van der Waals surface area contributed by atoms with Crippen molar-refractivity contribution in [2.45, 2.75) is 57.2 Å². The van der Waals surface area contributed by atoms with Gasteiger partial charge in [-0.1, -0.05) is 23.4 Å². The molecular weight excluding hydrogens is 700 g/mol. The molecule has 7 rings (SSSR count). The molecule has 15 heteroatoms. The van der Waals surface area contributed by atoms with Gasteiger partial charge in [-0.15, -0.1) is 11.3 Å². The first-order valence-corrected chi connectivity index (χ1v) is 17.4. The summed E-state index contributed by atoms with van der Waals surface area (Å²) in [7, 11) is 1.76. The summed E-state index contributed by atoms with van der Waals surface area (Å²) in [5.41, 5.74) is 2.32. The maximum absolute atomic E-state index is 14.0. The van der Waals surface area contributed by atoms with Crippen LogP contribution < -0.4 is 10.5 Å². The van der Waals surface area contributed by atoms with Gasteiger partial charge >= 0.3 is 5.97 Å². The summed E-state index contributed by atoms with van der Waals surface area (Å²) in [6.45, 7) is 2.00. The van der Waals surface area contributed by atoms with Crippen LogP contribution in [0.25, 0.3) is 32.2 Å². The Bertz CT molecular complexity index is 2400. The van der Waals surface area contributed by atoms with Crippen molar-refractivity contribution in [3.8, 4) is 29.0 Å². The van der Waals surface area contributed by atoms with E-state index in [0.717, 1.165) is 5.56 Å². The number of hydroxylamine groups is 3. The highest BCUT2D eigenvalue weighted by Crippen LogP contribution is 2.45. The SMILES string of the molecule is Cc1nc2cnc(N(C)C3CC[N+]([O-])(C4CC(F)(F)C4)CC3)c(C#N)c2c(=O)n1CC#Cc1ccc(Cl)cc1-c1ccnc2c(C(=O)O)csc12. The Labute approximate surface area is 299 Å². The van der Waals surface area contributed by atoms with Crippen LogP contribution in [-0.2, 0) is 6.54 Å². The van der Waals surface area contributed by atoms with Crippen molar-refractivity contribution in [1.29, 1.82) is 5.26 Å². The molecule has 11 nitrogen and oxygen atoms in total. The van der Waals surface area contributed by atoms with E-state index in [4.69, 9.17) is 11.6 Å². The van der Waals surface area contributed by atoms with E-state index in [2.05, 4.69) is 32.9 Å². The third-order valence-electron chi connectivity index (χ3n) is 10.00. The number of carbonyl (C=O) groups is 1. The van der Waals surface area contributed by atoms with Crippen molar-refractivity contribution in [2.75, 3.05) is 25.0 Å². The van der Waals surface area contributed by atoms with Crippen LogP contribution in [0.5, 0.6) is 0 Å². The number of halogens is 3. The number of alkyl halides is 2. The number of nitriles is 1. The Morgan fingerprint density at radius 2 is 1.98 bits per heavy atom. The topological polar surface area (TPSA) is 148 Å². The minimum absolute atomic E-state index is 0.0473. The third kappa shape index (κ3) is 6.19. The number of benzene rings is 1. The molecule has 1 aliphatic carbocycles. The average molecular weight is 730 g/mol. The first-order valence-electron chi connectivity index (χ1n) is 16.2. The largest absolute Gasteiger partial charge is 0.633 e. The number of aryl methyl sites for hydroxylation is 1. The average Bonchev–Trinajstić information content (AvgIpc) is 3.54. The Kier molecular flexibility index (Phi) is 8.76. The predicted octanol–water partition coefficient (Wildman–Crippen LogP) is 6.36. The molecule has 2 aliphatic rings. The Morgan fingerprint density at radius 3 is 2.67 bits per heavy atom. The van der Waals surface area contributed by atoms with Gasteiger partial charge in [0.05, 0.1) is 65.4 Å². The van der Waals surface area contributed by atoms with Gasteiger partial charge in [-0.25, -0.2) is 23.5 Å². The maximum atomic E-state index is 14.0. The van der Waals surface area contributed by atoms with Crippen LogP contribution >= 0.6 is 22.9 Å². The van der Waals surface area contributed by atoms with Gasteiger partial charge in [-0.3, -0.25) is 14.3 Å². The van der Waals surface area contributed by atoms with Gasteiger partial charge in [0.2, 0.25) is 0 Å². The monoisotopic (exact) mass is 729 g/mol. The minimum Gasteiger partial charge on any atom is -0.633 e. The number of anilines is 1. The zero-order chi connectivity index (χ0) is 36.2. The summed E-state index contributed by atoms with van der Waals surface area (Å²) in [4.78, 5) is 40.9. The second kappa shape index (κ2) is 13.0. The Balaban J connectivity index is 1.18. The van der Waals surface area contributed by atoms with Gasteiger partial charge in [0.25, 0.3) is 11.5 Å². The molecule has 1 N–H and O–H groups in total. The van der Waals surface area contributed by atoms with Crippen LogP contribution in [0, 0.1) is 35.3 Å². The number of pyridine rings is 2. The number of thiophene rings is 1. The zero-order valence-electron chi connectivity index (χ0n) is 27.5. The Morgan fingerprint density at radius 1 is 1.24 bits per heavy atom. The van der Waals surface area contributed by atoms with Crippen LogP contribution in [-0.4, -0.2) is 73.4 Å². The van der Waals surface area contributed by atoms with Crippen LogP contribution in [0.2, 0.25) is 5.02 Å². The molecule has 0 radical (unpaired) electrons. The molecule has 0 spiro atoms. The second-order valence-electron chi connectivity index (χ2n) is 13.0. The van der Waals surface area contributed by atoms with Crippen molar-refractivity contribution in [3.63, 3.8) is 0 Å². The summed E-state index contributed by atoms with van der Waals surface area (Å²) in [5.74, 6) is 3.01. The van der Waals surface area contributed by atoms with E-state index in [-0.39, 0.29) is 66.4 Å². The standard InChI is InChI=1S/C36H30ClF2N7O4S/c1-20-43-29-18-42-33(44(2)23-8-12-46(50,13-9-23)24-15-36(38,39)16-24)27(17-40)30(29)34(47)45(20)11-3-4-21-5-6-22(37)14-26(21)25-7-10-41-31-28(35(48)49)19-51-32(25)31/h5-7,10,14,18-19,23-24H,8-9,11-13,15-16H2,1-2H3,(H,48,49). The molecule has 0 unspecified atom stereocenters. The Hall–Kier alpha value is -4.99. The summed E-state index contributed by atoms with van der Waals surface area (Å²) >= 11 is 7.63. The third-order valence-corrected chi connectivity index (χ3v) is 11.2. The van der Waals surface area contributed by atoms with E-state index in [1.807, 2.05) is 0 Å². The molecule has 0 bridgehead atoms. The van der Waals surface area contributed by atoms with Crippen LogP contribution in [0.15, 0.2) is 46.8 Å². The highest BCUT2D eigenvalue weighted by Gasteiger charge is 2.53. The van der Waals surface area contributed by atoms with Gasteiger partial charge < -0.3 is 19.9 Å². The lowest BCUT2D eigenvalue weighted by Gasteiger charge is -2.57. The van der Waals surface area contributed by atoms with Crippen LogP contribution in [0.3, 0.4) is 0 Å². The molecule has 0 amide bonds. The van der Waals surface area contributed by atoms with Gasteiger partial charge in [-0.05, 0) is 31.2 Å². The zero-order valence-corrected chi connectivity index (χ0v) is 29.1. The smallest absolute Gasteiger partial charge is 0.338 e. The summed E-state index contributed by atoms with van der Waals surface area (Å²) in [5, 5.41) is 35.3. The van der Waals surface area contributed by atoms with E-state index in [9.17, 15) is 33.9 Å². The van der Waals surface area contributed by atoms with E-state index < -0.39 is 28.1 Å². The fourth-order valence-corrected chi connectivity index (χ4v) is 8.31. The highest BCUT2D eigenvalue weighted by atomic mass is 35.5. The maximum Gasteiger partial charge on any atom is 0.338 e. The van der Waals surface area contributed by atoms with Crippen molar-refractivity contribution in [1.82, 2.24) is 19.5 Å². The number of aromatic nitrogens is 4. The molecule has 0 atom stereocenters. The van der Waals surface area contributed by atoms with Crippen LogP contribution in [0.1, 0.15) is 53.0 Å². The molecule has 260 valence electrons. The molecule has 1 aromatic carbocycles. The molecule has 5 heterocycles. The quantitative estimate of drug-likeness (QED) is 0.120. The minimum atomic E-state index is -2.76.